The van der Waals surface area contributed by atoms with Gasteiger partial charge in [0.05, 0.1) is 7.11 Å². The third-order valence-corrected chi connectivity index (χ3v) is 4.76. The van der Waals surface area contributed by atoms with Gasteiger partial charge in [0.1, 0.15) is 18.1 Å². The van der Waals surface area contributed by atoms with Gasteiger partial charge in [0.2, 0.25) is 0 Å². The zero-order valence-electron chi connectivity index (χ0n) is 16.5. The van der Waals surface area contributed by atoms with Gasteiger partial charge in [-0.1, -0.05) is 11.6 Å². The second-order valence-electron chi connectivity index (χ2n) is 6.57. The Bertz CT molecular complexity index is 954. The molecule has 2 aromatic carbocycles. The maximum atomic E-state index is 12.5. The molecule has 1 amide bonds. The third-order valence-electron chi connectivity index (χ3n) is 4.51. The van der Waals surface area contributed by atoms with Gasteiger partial charge in [-0.25, -0.2) is 0 Å². The summed E-state index contributed by atoms with van der Waals surface area (Å²) in [6.45, 7) is 3.63. The molecule has 0 atom stereocenters. The van der Waals surface area contributed by atoms with Gasteiger partial charge in [0.15, 0.2) is 0 Å². The van der Waals surface area contributed by atoms with Crippen LogP contribution in [0.25, 0.3) is 0 Å². The van der Waals surface area contributed by atoms with Crippen molar-refractivity contribution in [3.05, 3.63) is 76.6 Å². The quantitative estimate of drug-likeness (QED) is 0.532. The molecule has 0 spiro atoms. The van der Waals surface area contributed by atoms with Crippen molar-refractivity contribution in [1.29, 1.82) is 0 Å². The molecule has 1 aromatic heterocycles. The monoisotopic (exact) mass is 413 g/mol. The minimum absolute atomic E-state index is 0.127. The summed E-state index contributed by atoms with van der Waals surface area (Å²) in [5.74, 6) is 1.24. The van der Waals surface area contributed by atoms with Crippen molar-refractivity contribution in [1.82, 2.24) is 15.1 Å². The Hall–Kier alpha value is -2.99. The first kappa shape index (κ1) is 20.7. The highest BCUT2D eigenvalue weighted by atomic mass is 35.5. The number of methoxy groups -OCH3 is 1. The lowest BCUT2D eigenvalue weighted by Crippen LogP contribution is -2.25. The zero-order chi connectivity index (χ0) is 20.6. The molecule has 7 heteroatoms. The molecule has 1 N–H and O–H groups in total. The highest BCUT2D eigenvalue weighted by molar-refractivity contribution is 6.30. The molecule has 29 heavy (non-hydrogen) atoms. The van der Waals surface area contributed by atoms with Crippen LogP contribution in [0.15, 0.2) is 54.7 Å². The number of hydrogen-bond donors (Lipinski definition) is 1. The van der Waals surface area contributed by atoms with Crippen molar-refractivity contribution in [3.63, 3.8) is 0 Å². The van der Waals surface area contributed by atoms with Crippen LogP contribution in [0.5, 0.6) is 11.5 Å². The van der Waals surface area contributed by atoms with Crippen LogP contribution in [0.1, 0.15) is 28.0 Å². The van der Waals surface area contributed by atoms with Gasteiger partial charge in [0.25, 0.3) is 5.91 Å². The number of nitrogens with one attached hydrogen (secondary N) is 1. The number of carbonyl (C=O) groups excluding carboxylic acids is 1. The van der Waals surface area contributed by atoms with E-state index in [-0.39, 0.29) is 12.5 Å². The van der Waals surface area contributed by atoms with E-state index in [4.69, 9.17) is 21.1 Å². The number of carbonyl (C=O) groups is 1. The number of hydrogen-bond acceptors (Lipinski definition) is 4. The summed E-state index contributed by atoms with van der Waals surface area (Å²) in [6, 6.07) is 14.4. The number of aromatic nitrogens is 2. The minimum Gasteiger partial charge on any atom is -0.496 e. The van der Waals surface area contributed by atoms with E-state index in [1.165, 1.54) is 0 Å². The number of halogens is 1. The number of ether oxygens (including phenoxy) is 2. The van der Waals surface area contributed by atoms with E-state index >= 15 is 0 Å². The van der Waals surface area contributed by atoms with Crippen LogP contribution in [-0.4, -0.2) is 29.3 Å². The lowest BCUT2D eigenvalue weighted by molar-refractivity contribution is 0.0952. The van der Waals surface area contributed by atoms with Crippen LogP contribution >= 0.6 is 11.6 Å². The molecule has 3 rings (SSSR count). The Kier molecular flexibility index (Phi) is 7.14. The number of nitrogens with zero attached hydrogens (tertiary/aromatic N) is 2. The molecule has 0 aliphatic carbocycles. The smallest absolute Gasteiger partial charge is 0.251 e. The van der Waals surface area contributed by atoms with E-state index < -0.39 is 0 Å². The molecule has 0 radical (unpaired) electrons. The number of benzene rings is 2. The summed E-state index contributed by atoms with van der Waals surface area (Å²) in [6.07, 6.45) is 2.58. The largest absolute Gasteiger partial charge is 0.496 e. The predicted molar refractivity (Wildman–Crippen MR) is 113 cm³/mol. The number of aryl methyl sites for hydroxylation is 2. The topological polar surface area (TPSA) is 65.4 Å². The summed E-state index contributed by atoms with van der Waals surface area (Å²) in [5, 5.41) is 7.84. The number of rotatable bonds is 9. The first-order valence-electron chi connectivity index (χ1n) is 9.38. The SMILES string of the molecule is COc1ccc(C(=O)NCCCn2nccc2C)cc1COc1ccc(Cl)cc1. The van der Waals surface area contributed by atoms with Crippen molar-refractivity contribution >= 4 is 17.5 Å². The van der Waals surface area contributed by atoms with Crippen LogP contribution in [0.2, 0.25) is 5.02 Å². The fourth-order valence-corrected chi connectivity index (χ4v) is 3.02. The Morgan fingerprint density at radius 1 is 1.17 bits per heavy atom. The van der Waals surface area contributed by atoms with E-state index in [2.05, 4.69) is 10.4 Å². The highest BCUT2D eigenvalue weighted by Gasteiger charge is 2.11. The lowest BCUT2D eigenvalue weighted by atomic mass is 10.1. The van der Waals surface area contributed by atoms with Crippen molar-refractivity contribution in [2.24, 2.45) is 0 Å². The molecule has 0 unspecified atom stereocenters. The van der Waals surface area contributed by atoms with Gasteiger partial charge in [-0.05, 0) is 61.9 Å². The van der Waals surface area contributed by atoms with Crippen LogP contribution in [0, 0.1) is 6.92 Å². The lowest BCUT2D eigenvalue weighted by Gasteiger charge is -2.12. The molecule has 6 nitrogen and oxygen atoms in total. The van der Waals surface area contributed by atoms with Crippen molar-refractivity contribution < 1.29 is 14.3 Å². The molecule has 1 heterocycles. The van der Waals surface area contributed by atoms with Gasteiger partial charge < -0.3 is 14.8 Å². The van der Waals surface area contributed by atoms with E-state index in [1.807, 2.05) is 17.7 Å². The molecule has 152 valence electrons. The van der Waals surface area contributed by atoms with Gasteiger partial charge >= 0.3 is 0 Å². The van der Waals surface area contributed by atoms with Gasteiger partial charge in [-0.3, -0.25) is 9.48 Å². The highest BCUT2D eigenvalue weighted by Crippen LogP contribution is 2.23. The van der Waals surface area contributed by atoms with E-state index in [0.717, 1.165) is 24.2 Å². The fraction of sp³-hybridized carbons (Fsp3) is 0.273. The summed E-state index contributed by atoms with van der Waals surface area (Å²) in [5.41, 5.74) is 2.47. The normalized spacial score (nSPS) is 10.6. The Morgan fingerprint density at radius 2 is 1.97 bits per heavy atom. The fourth-order valence-electron chi connectivity index (χ4n) is 2.89. The molecule has 3 aromatic rings. The van der Waals surface area contributed by atoms with Crippen LogP contribution in [0.3, 0.4) is 0 Å². The number of amides is 1. The second-order valence-corrected chi connectivity index (χ2v) is 7.01. The average molecular weight is 414 g/mol. The van der Waals surface area contributed by atoms with Gasteiger partial charge in [0, 0.05) is 41.1 Å². The van der Waals surface area contributed by atoms with Crippen molar-refractivity contribution in [2.45, 2.75) is 26.5 Å². The molecule has 0 aliphatic rings. The van der Waals surface area contributed by atoms with Crippen LogP contribution in [0.4, 0.5) is 0 Å². The minimum atomic E-state index is -0.127. The Labute approximate surface area is 175 Å². The maximum absolute atomic E-state index is 12.5. The van der Waals surface area contributed by atoms with Gasteiger partial charge in [-0.2, -0.15) is 5.10 Å². The average Bonchev–Trinajstić information content (AvgIpc) is 3.15. The summed E-state index contributed by atoms with van der Waals surface area (Å²) < 4.78 is 13.1. The second kappa shape index (κ2) is 9.98. The molecule has 0 fully saturated rings. The van der Waals surface area contributed by atoms with Gasteiger partial charge in [-0.15, -0.1) is 0 Å². The van der Waals surface area contributed by atoms with Crippen LogP contribution in [-0.2, 0) is 13.2 Å². The van der Waals surface area contributed by atoms with E-state index in [1.54, 1.807) is 55.8 Å². The summed E-state index contributed by atoms with van der Waals surface area (Å²) in [7, 11) is 1.60. The van der Waals surface area contributed by atoms with E-state index in [0.29, 0.717) is 28.6 Å². The van der Waals surface area contributed by atoms with E-state index in [9.17, 15) is 4.79 Å². The molecule has 0 saturated heterocycles. The van der Waals surface area contributed by atoms with Crippen molar-refractivity contribution in [3.8, 4) is 11.5 Å². The third kappa shape index (κ3) is 5.74. The Morgan fingerprint density at radius 3 is 2.66 bits per heavy atom. The molecule has 0 saturated carbocycles. The summed E-state index contributed by atoms with van der Waals surface area (Å²) >= 11 is 5.90. The Balaban J connectivity index is 1.57. The first-order valence-corrected chi connectivity index (χ1v) is 9.76. The van der Waals surface area contributed by atoms with Crippen LogP contribution < -0.4 is 14.8 Å². The molecular weight excluding hydrogens is 390 g/mol. The molecule has 0 bridgehead atoms. The first-order chi connectivity index (χ1) is 14.1. The zero-order valence-corrected chi connectivity index (χ0v) is 17.3. The predicted octanol–water partition coefficient (Wildman–Crippen LogP) is 4.25. The standard InChI is InChI=1S/C22H24ClN3O3/c1-16-10-12-25-26(16)13-3-11-24-22(27)17-4-9-21(28-2)18(14-17)15-29-20-7-5-19(23)6-8-20/h4-10,12,14H,3,11,13,15H2,1-2H3,(H,24,27). The maximum Gasteiger partial charge on any atom is 0.251 e. The summed E-state index contributed by atoms with van der Waals surface area (Å²) in [4.78, 5) is 12.5. The molecule has 0 aliphatic heterocycles. The molecular formula is C22H24ClN3O3. The van der Waals surface area contributed by atoms with Crippen molar-refractivity contribution in [2.75, 3.05) is 13.7 Å².